The molecule has 0 fully saturated rings. The predicted molar refractivity (Wildman–Crippen MR) is 64.7 cm³/mol. The van der Waals surface area contributed by atoms with Gasteiger partial charge in [0.15, 0.2) is 0 Å². The monoisotopic (exact) mass is 271 g/mol. The lowest BCUT2D eigenvalue weighted by Gasteiger charge is -2.05. The molecule has 1 heterocycles. The van der Waals surface area contributed by atoms with Crippen molar-refractivity contribution in [1.82, 2.24) is 4.98 Å². The highest BCUT2D eigenvalue weighted by molar-refractivity contribution is 7.86. The van der Waals surface area contributed by atoms with Gasteiger partial charge in [-0.1, -0.05) is 0 Å². The fourth-order valence-electron chi connectivity index (χ4n) is 1.56. The van der Waals surface area contributed by atoms with Crippen LogP contribution in [0.25, 0.3) is 10.9 Å². The Kier molecular flexibility index (Phi) is 2.86. The van der Waals surface area contributed by atoms with Crippen LogP contribution in [-0.2, 0) is 10.1 Å². The molecule has 0 atom stereocenters. The van der Waals surface area contributed by atoms with E-state index in [4.69, 9.17) is 0 Å². The Balaban J connectivity index is 2.72. The molecule has 0 spiro atoms. The minimum absolute atomic E-state index is 0.0410. The van der Waals surface area contributed by atoms with Crippen molar-refractivity contribution in [2.24, 2.45) is 0 Å². The summed E-state index contributed by atoms with van der Waals surface area (Å²) in [5.74, 6) is -0.919. The van der Waals surface area contributed by atoms with E-state index >= 15 is 0 Å². The van der Waals surface area contributed by atoms with Gasteiger partial charge in [0, 0.05) is 11.7 Å². The Hall–Kier alpha value is -1.89. The van der Waals surface area contributed by atoms with E-state index in [-0.39, 0.29) is 11.1 Å². The maximum atomic E-state index is 13.4. The third-order valence-electron chi connectivity index (χ3n) is 2.37. The van der Waals surface area contributed by atoms with Crippen molar-refractivity contribution < 1.29 is 17.0 Å². The molecular weight excluding hydrogens is 261 g/mol. The molecule has 0 saturated carbocycles. The van der Waals surface area contributed by atoms with E-state index in [0.29, 0.717) is 11.1 Å². The summed E-state index contributed by atoms with van der Waals surface area (Å²) in [4.78, 5) is 14.6. The van der Waals surface area contributed by atoms with Crippen LogP contribution < -0.4 is 9.61 Å². The second kappa shape index (κ2) is 4.09. The van der Waals surface area contributed by atoms with E-state index in [9.17, 15) is 17.6 Å². The number of rotatable bonds is 2. The highest BCUT2D eigenvalue weighted by Crippen LogP contribution is 2.17. The molecule has 0 aliphatic carbocycles. The zero-order valence-electron chi connectivity index (χ0n) is 9.65. The third kappa shape index (κ3) is 2.35. The molecule has 1 aromatic carbocycles. The summed E-state index contributed by atoms with van der Waals surface area (Å²) in [6.07, 6.45) is 1.97. The number of hydrogen-bond acceptors (Lipinski definition) is 4. The lowest BCUT2D eigenvalue weighted by molar-refractivity contribution is 0.490. The number of aromatic nitrogens is 1. The largest absolute Gasteiger partial charge is 0.377 e. The lowest BCUT2D eigenvalue weighted by atomic mass is 10.1. The number of H-pyrrole nitrogens is 1. The Labute approximate surface area is 102 Å². The van der Waals surface area contributed by atoms with Crippen LogP contribution in [0.2, 0.25) is 0 Å². The maximum Gasteiger partial charge on any atom is 0.306 e. The number of pyridine rings is 1. The van der Waals surface area contributed by atoms with Gasteiger partial charge in [0.05, 0.1) is 11.6 Å². The van der Waals surface area contributed by atoms with E-state index in [1.54, 1.807) is 6.92 Å². The smallest absolute Gasteiger partial charge is 0.306 e. The van der Waals surface area contributed by atoms with Gasteiger partial charge in [0.2, 0.25) is 11.2 Å². The normalized spacial score (nSPS) is 11.7. The van der Waals surface area contributed by atoms with Crippen LogP contribution in [0.5, 0.6) is 5.75 Å². The van der Waals surface area contributed by atoms with Crippen molar-refractivity contribution >= 4 is 21.0 Å². The standard InChI is InChI=1S/C11H10FNO4S/c1-6-3-9-7(4-8(6)12)11(14)10(5-13-9)17-18(2,15)16/h3-5H,1-2H3,(H,13,14). The molecule has 1 aromatic heterocycles. The van der Waals surface area contributed by atoms with Gasteiger partial charge in [-0.2, -0.15) is 8.42 Å². The molecule has 2 aromatic rings. The van der Waals surface area contributed by atoms with Gasteiger partial charge in [-0.3, -0.25) is 4.79 Å². The fraction of sp³-hybridized carbons (Fsp3) is 0.182. The summed E-state index contributed by atoms with van der Waals surface area (Å²) < 4.78 is 39.8. The van der Waals surface area contributed by atoms with E-state index < -0.39 is 21.4 Å². The molecule has 5 nitrogen and oxygen atoms in total. The summed E-state index contributed by atoms with van der Waals surface area (Å²) in [5, 5.41) is 0.0410. The first kappa shape index (κ1) is 12.6. The molecule has 0 amide bonds. The van der Waals surface area contributed by atoms with Crippen LogP contribution in [0.1, 0.15) is 5.56 Å². The van der Waals surface area contributed by atoms with Crippen molar-refractivity contribution in [3.8, 4) is 5.75 Å². The van der Waals surface area contributed by atoms with Crippen molar-refractivity contribution in [3.05, 3.63) is 39.9 Å². The number of fused-ring (bicyclic) bond motifs is 1. The minimum atomic E-state index is -3.80. The molecular formula is C11H10FNO4S. The van der Waals surface area contributed by atoms with Gasteiger partial charge < -0.3 is 9.17 Å². The second-order valence-corrected chi connectivity index (χ2v) is 5.49. The van der Waals surface area contributed by atoms with Crippen LogP contribution >= 0.6 is 0 Å². The van der Waals surface area contributed by atoms with Gasteiger partial charge in [0.25, 0.3) is 0 Å². The Morgan fingerprint density at radius 1 is 1.33 bits per heavy atom. The summed E-state index contributed by atoms with van der Waals surface area (Å²) in [6, 6.07) is 2.52. The van der Waals surface area contributed by atoms with E-state index in [1.165, 1.54) is 6.07 Å². The van der Waals surface area contributed by atoms with Gasteiger partial charge in [0.1, 0.15) is 5.82 Å². The molecule has 7 heteroatoms. The first-order valence-corrected chi connectivity index (χ1v) is 6.80. The van der Waals surface area contributed by atoms with Gasteiger partial charge in [-0.05, 0) is 24.6 Å². The topological polar surface area (TPSA) is 76.2 Å². The van der Waals surface area contributed by atoms with Crippen LogP contribution in [0.4, 0.5) is 4.39 Å². The van der Waals surface area contributed by atoms with E-state index in [2.05, 4.69) is 9.17 Å². The summed E-state index contributed by atoms with van der Waals surface area (Å²) >= 11 is 0. The van der Waals surface area contributed by atoms with Gasteiger partial charge in [-0.25, -0.2) is 4.39 Å². The average Bonchev–Trinajstić information content (AvgIpc) is 2.24. The Bertz CT molecular complexity index is 779. The molecule has 0 unspecified atom stereocenters. The number of aromatic amines is 1. The van der Waals surface area contributed by atoms with Crippen molar-refractivity contribution in [3.63, 3.8) is 0 Å². The number of halogens is 1. The van der Waals surface area contributed by atoms with Crippen LogP contribution in [0.15, 0.2) is 23.1 Å². The van der Waals surface area contributed by atoms with E-state index in [0.717, 1.165) is 18.5 Å². The molecule has 96 valence electrons. The fourth-order valence-corrected chi connectivity index (χ4v) is 2.01. The summed E-state index contributed by atoms with van der Waals surface area (Å²) in [7, 11) is -3.80. The second-order valence-electron chi connectivity index (χ2n) is 3.92. The quantitative estimate of drug-likeness (QED) is 0.836. The molecule has 0 bridgehead atoms. The molecule has 0 aliphatic rings. The first-order chi connectivity index (χ1) is 8.28. The van der Waals surface area contributed by atoms with Crippen molar-refractivity contribution in [2.75, 3.05) is 6.26 Å². The molecule has 0 aliphatic heterocycles. The molecule has 18 heavy (non-hydrogen) atoms. The van der Waals surface area contributed by atoms with Crippen LogP contribution in [-0.4, -0.2) is 19.7 Å². The van der Waals surface area contributed by atoms with Gasteiger partial charge in [-0.15, -0.1) is 0 Å². The van der Waals surface area contributed by atoms with Crippen LogP contribution in [0.3, 0.4) is 0 Å². The van der Waals surface area contributed by atoms with Crippen LogP contribution in [0, 0.1) is 12.7 Å². The average molecular weight is 271 g/mol. The number of hydrogen-bond donors (Lipinski definition) is 1. The summed E-state index contributed by atoms with van der Waals surface area (Å²) in [6.45, 7) is 1.56. The Morgan fingerprint density at radius 3 is 2.61 bits per heavy atom. The van der Waals surface area contributed by atoms with Crippen molar-refractivity contribution in [1.29, 1.82) is 0 Å². The zero-order valence-corrected chi connectivity index (χ0v) is 10.5. The van der Waals surface area contributed by atoms with E-state index in [1.807, 2.05) is 0 Å². The number of benzene rings is 1. The van der Waals surface area contributed by atoms with Gasteiger partial charge >= 0.3 is 10.1 Å². The number of aryl methyl sites for hydroxylation is 1. The summed E-state index contributed by atoms with van der Waals surface area (Å²) in [5.41, 5.74) is 0.128. The predicted octanol–water partition coefficient (Wildman–Crippen LogP) is 1.31. The first-order valence-electron chi connectivity index (χ1n) is 4.99. The number of nitrogens with one attached hydrogen (secondary N) is 1. The highest BCUT2D eigenvalue weighted by Gasteiger charge is 2.12. The molecule has 1 N–H and O–H groups in total. The minimum Gasteiger partial charge on any atom is -0.377 e. The lowest BCUT2D eigenvalue weighted by Crippen LogP contribution is -2.14. The SMILES string of the molecule is Cc1cc2[nH]cc(OS(C)(=O)=O)c(=O)c2cc1F. The molecule has 0 radical (unpaired) electrons. The maximum absolute atomic E-state index is 13.4. The third-order valence-corrected chi connectivity index (χ3v) is 2.85. The Morgan fingerprint density at radius 2 is 2.00 bits per heavy atom. The van der Waals surface area contributed by atoms with Crippen molar-refractivity contribution in [2.45, 2.75) is 6.92 Å². The molecule has 0 saturated heterocycles. The highest BCUT2D eigenvalue weighted by atomic mass is 32.2. The molecule has 2 rings (SSSR count). The zero-order chi connectivity index (χ0) is 13.5.